The van der Waals surface area contributed by atoms with Crippen LogP contribution in [-0.4, -0.2) is 6.54 Å². The van der Waals surface area contributed by atoms with Gasteiger partial charge in [0.1, 0.15) is 11.5 Å². The molecule has 1 N–H and O–H groups in total. The van der Waals surface area contributed by atoms with Gasteiger partial charge in [-0.2, -0.15) is 0 Å². The predicted molar refractivity (Wildman–Crippen MR) is 75.0 cm³/mol. The molecule has 0 unspecified atom stereocenters. The Bertz CT molecular complexity index is 599. The highest BCUT2D eigenvalue weighted by Crippen LogP contribution is 2.27. The zero-order valence-electron chi connectivity index (χ0n) is 11.5. The maximum atomic E-state index is 13.2. The fourth-order valence-electron chi connectivity index (χ4n) is 1.80. The molecule has 0 bridgehead atoms. The first-order valence-electron chi connectivity index (χ1n) is 6.53. The Kier molecular flexibility index (Phi) is 4.69. The van der Waals surface area contributed by atoms with Crippen LogP contribution in [-0.2, 0) is 6.54 Å². The van der Waals surface area contributed by atoms with E-state index >= 15 is 0 Å². The first-order valence-corrected chi connectivity index (χ1v) is 6.53. The largest absolute Gasteiger partial charge is 0.457 e. The molecular weight excluding hydrogens is 260 g/mol. The van der Waals surface area contributed by atoms with E-state index in [2.05, 4.69) is 5.32 Å². The predicted octanol–water partition coefficient (Wildman–Crippen LogP) is 4.18. The van der Waals surface area contributed by atoms with Crippen LogP contribution >= 0.6 is 0 Å². The van der Waals surface area contributed by atoms with Crippen molar-refractivity contribution in [3.8, 4) is 11.5 Å². The minimum absolute atomic E-state index is 0.285. The van der Waals surface area contributed by atoms with Gasteiger partial charge in [-0.1, -0.05) is 19.1 Å². The van der Waals surface area contributed by atoms with Gasteiger partial charge in [0.25, 0.3) is 0 Å². The lowest BCUT2D eigenvalue weighted by atomic mass is 10.1. The van der Waals surface area contributed by atoms with Crippen molar-refractivity contribution < 1.29 is 13.5 Å². The van der Waals surface area contributed by atoms with Gasteiger partial charge >= 0.3 is 0 Å². The molecule has 2 aromatic rings. The lowest BCUT2D eigenvalue weighted by Gasteiger charge is -2.11. The van der Waals surface area contributed by atoms with Crippen LogP contribution in [0.25, 0.3) is 0 Å². The van der Waals surface area contributed by atoms with Crippen molar-refractivity contribution >= 4 is 0 Å². The Morgan fingerprint density at radius 3 is 2.55 bits per heavy atom. The van der Waals surface area contributed by atoms with Crippen LogP contribution in [0.15, 0.2) is 36.4 Å². The molecule has 4 heteroatoms. The van der Waals surface area contributed by atoms with Gasteiger partial charge in [0.2, 0.25) is 0 Å². The van der Waals surface area contributed by atoms with Crippen LogP contribution in [0.5, 0.6) is 11.5 Å². The Hall–Kier alpha value is -1.94. The Morgan fingerprint density at radius 2 is 1.85 bits per heavy atom. The quantitative estimate of drug-likeness (QED) is 0.885. The summed E-state index contributed by atoms with van der Waals surface area (Å²) in [6, 6.07) is 9.38. The van der Waals surface area contributed by atoms with Gasteiger partial charge in [0.15, 0.2) is 11.6 Å². The summed E-state index contributed by atoms with van der Waals surface area (Å²) in [6.45, 7) is 5.57. The standard InChI is InChI=1S/C16H17F2NO/c1-3-19-10-12-5-4-11(2)16(8-12)20-13-6-7-14(17)15(18)9-13/h4-9,19H,3,10H2,1-2H3. The second-order valence-electron chi connectivity index (χ2n) is 4.56. The molecular formula is C16H17F2NO. The molecule has 2 nitrogen and oxygen atoms in total. The van der Waals surface area contributed by atoms with Crippen LogP contribution in [0.2, 0.25) is 0 Å². The maximum Gasteiger partial charge on any atom is 0.162 e. The number of hydrogen-bond donors (Lipinski definition) is 1. The van der Waals surface area contributed by atoms with Gasteiger partial charge in [-0.25, -0.2) is 8.78 Å². The molecule has 106 valence electrons. The van der Waals surface area contributed by atoms with Gasteiger partial charge in [-0.15, -0.1) is 0 Å². The average molecular weight is 277 g/mol. The normalized spacial score (nSPS) is 10.6. The van der Waals surface area contributed by atoms with Crippen LogP contribution in [0.3, 0.4) is 0 Å². The van der Waals surface area contributed by atoms with Crippen LogP contribution in [0.1, 0.15) is 18.1 Å². The number of ether oxygens (including phenoxy) is 1. The highest BCUT2D eigenvalue weighted by molar-refractivity contribution is 5.40. The van der Waals surface area contributed by atoms with E-state index in [1.165, 1.54) is 6.07 Å². The molecule has 0 saturated heterocycles. The van der Waals surface area contributed by atoms with Crippen molar-refractivity contribution in [1.29, 1.82) is 0 Å². The fraction of sp³-hybridized carbons (Fsp3) is 0.250. The molecule has 0 aliphatic carbocycles. The molecule has 0 saturated carbocycles. The maximum absolute atomic E-state index is 13.2. The van der Waals surface area contributed by atoms with E-state index in [9.17, 15) is 8.78 Å². The first kappa shape index (κ1) is 14.5. The summed E-state index contributed by atoms with van der Waals surface area (Å²) in [5.74, 6) is -0.863. The molecule has 0 radical (unpaired) electrons. The molecule has 0 aliphatic rings. The Morgan fingerprint density at radius 1 is 1.05 bits per heavy atom. The van der Waals surface area contributed by atoms with Crippen molar-refractivity contribution in [2.24, 2.45) is 0 Å². The monoisotopic (exact) mass is 277 g/mol. The molecule has 0 heterocycles. The van der Waals surface area contributed by atoms with Crippen molar-refractivity contribution in [1.82, 2.24) is 5.32 Å². The zero-order valence-corrected chi connectivity index (χ0v) is 11.5. The van der Waals surface area contributed by atoms with E-state index in [0.717, 1.165) is 36.3 Å². The molecule has 0 atom stereocenters. The molecule has 2 rings (SSSR count). The highest BCUT2D eigenvalue weighted by Gasteiger charge is 2.07. The van der Waals surface area contributed by atoms with E-state index in [0.29, 0.717) is 5.75 Å². The summed E-state index contributed by atoms with van der Waals surface area (Å²) in [5.41, 5.74) is 2.02. The van der Waals surface area contributed by atoms with Crippen LogP contribution in [0.4, 0.5) is 8.78 Å². The average Bonchev–Trinajstić information content (AvgIpc) is 2.44. The topological polar surface area (TPSA) is 21.3 Å². The van der Waals surface area contributed by atoms with E-state index in [4.69, 9.17) is 4.74 Å². The third-order valence-corrected chi connectivity index (χ3v) is 2.95. The van der Waals surface area contributed by atoms with E-state index in [1.807, 2.05) is 32.0 Å². The minimum atomic E-state index is -0.913. The van der Waals surface area contributed by atoms with Gasteiger partial charge < -0.3 is 10.1 Å². The number of hydrogen-bond acceptors (Lipinski definition) is 2. The van der Waals surface area contributed by atoms with Crippen LogP contribution in [0, 0.1) is 18.6 Å². The number of nitrogens with one attached hydrogen (secondary N) is 1. The number of rotatable bonds is 5. The summed E-state index contributed by atoms with van der Waals surface area (Å²) in [4.78, 5) is 0. The minimum Gasteiger partial charge on any atom is -0.457 e. The van der Waals surface area contributed by atoms with Gasteiger partial charge in [0, 0.05) is 12.6 Å². The van der Waals surface area contributed by atoms with Gasteiger partial charge in [-0.05, 0) is 42.8 Å². The van der Waals surface area contributed by atoms with Crippen molar-refractivity contribution in [2.45, 2.75) is 20.4 Å². The molecule has 2 aromatic carbocycles. The number of benzene rings is 2. The molecule has 0 fully saturated rings. The third kappa shape index (κ3) is 3.54. The van der Waals surface area contributed by atoms with Gasteiger partial charge in [-0.3, -0.25) is 0 Å². The molecule has 0 aliphatic heterocycles. The van der Waals surface area contributed by atoms with E-state index in [-0.39, 0.29) is 5.75 Å². The van der Waals surface area contributed by atoms with Gasteiger partial charge in [0.05, 0.1) is 0 Å². The van der Waals surface area contributed by atoms with Crippen LogP contribution < -0.4 is 10.1 Å². The van der Waals surface area contributed by atoms with E-state index in [1.54, 1.807) is 0 Å². The number of aryl methyl sites for hydroxylation is 1. The molecule has 0 aromatic heterocycles. The highest BCUT2D eigenvalue weighted by atomic mass is 19.2. The lowest BCUT2D eigenvalue weighted by Crippen LogP contribution is -2.11. The lowest BCUT2D eigenvalue weighted by molar-refractivity contribution is 0.458. The fourth-order valence-corrected chi connectivity index (χ4v) is 1.80. The smallest absolute Gasteiger partial charge is 0.162 e. The Balaban J connectivity index is 2.20. The second kappa shape index (κ2) is 6.48. The second-order valence-corrected chi connectivity index (χ2v) is 4.56. The van der Waals surface area contributed by atoms with Crippen molar-refractivity contribution in [3.05, 3.63) is 59.2 Å². The van der Waals surface area contributed by atoms with Crippen molar-refractivity contribution in [2.75, 3.05) is 6.54 Å². The summed E-state index contributed by atoms with van der Waals surface area (Å²) in [5, 5.41) is 3.23. The summed E-state index contributed by atoms with van der Waals surface area (Å²) >= 11 is 0. The van der Waals surface area contributed by atoms with E-state index < -0.39 is 11.6 Å². The summed E-state index contributed by atoms with van der Waals surface area (Å²) in [7, 11) is 0. The summed E-state index contributed by atoms with van der Waals surface area (Å²) in [6.07, 6.45) is 0. The third-order valence-electron chi connectivity index (χ3n) is 2.95. The molecule has 20 heavy (non-hydrogen) atoms. The SMILES string of the molecule is CCNCc1ccc(C)c(Oc2ccc(F)c(F)c2)c1. The molecule has 0 amide bonds. The zero-order chi connectivity index (χ0) is 14.5. The summed E-state index contributed by atoms with van der Waals surface area (Å²) < 4.78 is 31.7. The number of halogens is 2. The Labute approximate surface area is 117 Å². The first-order chi connectivity index (χ1) is 9.60. The molecule has 0 spiro atoms. The van der Waals surface area contributed by atoms with Crippen molar-refractivity contribution in [3.63, 3.8) is 0 Å².